The van der Waals surface area contributed by atoms with Gasteiger partial charge in [-0.25, -0.2) is 9.97 Å². The predicted molar refractivity (Wildman–Crippen MR) is 159 cm³/mol. The number of rotatable bonds is 18. The van der Waals surface area contributed by atoms with Gasteiger partial charge >= 0.3 is 0 Å². The van der Waals surface area contributed by atoms with E-state index in [2.05, 4.69) is 20.3 Å². The molecule has 13 N–H and O–H groups in total. The smallest absolute Gasteiger partial charge is 0.280 e. The molecule has 0 saturated carbocycles. The van der Waals surface area contributed by atoms with Gasteiger partial charge in [-0.1, -0.05) is 23.7 Å². The molecule has 1 aromatic carbocycles. The summed E-state index contributed by atoms with van der Waals surface area (Å²) in [5.74, 6) is -0.491. The topological polar surface area (TPSA) is 279 Å². The number of amides is 1. The maximum atomic E-state index is 12.3. The molecule has 0 saturated heterocycles. The normalized spacial score (nSPS) is 14.7. The largest absolute Gasteiger partial charge is 0.492 e. The van der Waals surface area contributed by atoms with Crippen LogP contribution in [0.4, 0.5) is 11.6 Å². The second-order valence-electron chi connectivity index (χ2n) is 9.70. The van der Waals surface area contributed by atoms with Crippen molar-refractivity contribution in [3.05, 3.63) is 40.7 Å². The summed E-state index contributed by atoms with van der Waals surface area (Å²) in [6, 6.07) is 7.43. The van der Waals surface area contributed by atoms with Crippen LogP contribution in [0.1, 0.15) is 28.9 Å². The standard InChI is InChI=1S/C26H41ClN8O8/c27-22-24(29)33-23(28)21(32-22)25(42)34-26(30)31-8-2-1-3-15-4-6-16(7-5-15)43-10-9-35(11-17(38)19(40)13-36)12-18(39)20(41)14-37/h4-7,17-20,36-41H,1-3,8-14H2,(H4,28,29,33)(H3,30,31,34,42). The Morgan fingerprint density at radius 1 is 0.953 bits per heavy atom. The maximum Gasteiger partial charge on any atom is 0.280 e. The number of nitrogen functional groups attached to an aromatic ring is 2. The van der Waals surface area contributed by atoms with Crippen LogP contribution in [0, 0.1) is 0 Å². The van der Waals surface area contributed by atoms with Gasteiger partial charge in [-0.15, -0.1) is 0 Å². The van der Waals surface area contributed by atoms with Crippen molar-refractivity contribution >= 4 is 35.1 Å². The van der Waals surface area contributed by atoms with E-state index in [9.17, 15) is 25.2 Å². The molecule has 1 aromatic heterocycles. The van der Waals surface area contributed by atoms with Crippen molar-refractivity contribution in [2.75, 3.05) is 57.5 Å². The molecule has 2 aromatic rings. The van der Waals surface area contributed by atoms with Crippen molar-refractivity contribution in [2.24, 2.45) is 10.7 Å². The molecular weight excluding hydrogens is 588 g/mol. The van der Waals surface area contributed by atoms with Gasteiger partial charge in [0.1, 0.15) is 24.6 Å². The summed E-state index contributed by atoms with van der Waals surface area (Å²) in [7, 11) is 0. The summed E-state index contributed by atoms with van der Waals surface area (Å²) < 4.78 is 5.76. The number of halogens is 1. The van der Waals surface area contributed by atoms with Gasteiger partial charge in [0.25, 0.3) is 5.91 Å². The van der Waals surface area contributed by atoms with Crippen LogP contribution in [-0.4, -0.2) is 128 Å². The Hall–Kier alpha value is -3.35. The second kappa shape index (κ2) is 18.3. The number of carbonyl (C=O) groups is 1. The second-order valence-corrected chi connectivity index (χ2v) is 10.1. The number of anilines is 2. The van der Waals surface area contributed by atoms with Gasteiger partial charge in [0.05, 0.1) is 25.4 Å². The molecule has 1 amide bonds. The van der Waals surface area contributed by atoms with Crippen molar-refractivity contribution in [3.8, 4) is 5.75 Å². The average Bonchev–Trinajstić information content (AvgIpc) is 2.98. The van der Waals surface area contributed by atoms with Gasteiger partial charge in [-0.3, -0.25) is 20.0 Å². The summed E-state index contributed by atoms with van der Waals surface area (Å²) in [5.41, 5.74) is 17.8. The van der Waals surface area contributed by atoms with E-state index in [1.165, 1.54) is 0 Å². The fourth-order valence-electron chi connectivity index (χ4n) is 3.78. The molecule has 0 fully saturated rings. The first-order valence-corrected chi connectivity index (χ1v) is 13.9. The number of aliphatic hydroxyl groups excluding tert-OH is 6. The molecule has 0 aliphatic heterocycles. The van der Waals surface area contributed by atoms with Crippen LogP contribution < -0.4 is 27.3 Å². The number of nitrogens with zero attached hydrogens (tertiary/aromatic N) is 4. The quantitative estimate of drug-likeness (QED) is 0.0463. The van der Waals surface area contributed by atoms with E-state index < -0.39 is 43.5 Å². The number of hydrogen-bond acceptors (Lipinski definition) is 14. The number of unbranched alkanes of at least 4 members (excludes halogenated alkanes) is 1. The van der Waals surface area contributed by atoms with E-state index in [0.717, 1.165) is 18.4 Å². The lowest BCUT2D eigenvalue weighted by atomic mass is 10.1. The Morgan fingerprint density at radius 2 is 1.56 bits per heavy atom. The highest BCUT2D eigenvalue weighted by atomic mass is 35.5. The van der Waals surface area contributed by atoms with Gasteiger partial charge in [-0.05, 0) is 37.0 Å². The highest BCUT2D eigenvalue weighted by Gasteiger charge is 2.24. The lowest BCUT2D eigenvalue weighted by Crippen LogP contribution is -2.47. The van der Waals surface area contributed by atoms with Crippen LogP contribution in [0.5, 0.6) is 5.75 Å². The number of hydrogen-bond donors (Lipinski definition) is 10. The highest BCUT2D eigenvalue weighted by Crippen LogP contribution is 2.17. The van der Waals surface area contributed by atoms with Crippen molar-refractivity contribution in [1.29, 1.82) is 0 Å². The molecule has 43 heavy (non-hydrogen) atoms. The van der Waals surface area contributed by atoms with Gasteiger partial charge in [0.2, 0.25) is 0 Å². The van der Waals surface area contributed by atoms with Gasteiger partial charge in [0.15, 0.2) is 28.4 Å². The van der Waals surface area contributed by atoms with E-state index in [1.807, 2.05) is 12.1 Å². The first kappa shape index (κ1) is 35.8. The van der Waals surface area contributed by atoms with Crippen molar-refractivity contribution < 1.29 is 40.2 Å². The Morgan fingerprint density at radius 3 is 2.14 bits per heavy atom. The van der Waals surface area contributed by atoms with Crippen molar-refractivity contribution in [3.63, 3.8) is 0 Å². The molecule has 0 spiro atoms. The number of aryl methyl sites for hydroxylation is 1. The summed E-state index contributed by atoms with van der Waals surface area (Å²) >= 11 is 5.79. The number of carbonyl (C=O) groups excluding carboxylic acids is 1. The van der Waals surface area contributed by atoms with E-state index in [0.29, 0.717) is 18.7 Å². The first-order valence-electron chi connectivity index (χ1n) is 13.5. The van der Waals surface area contributed by atoms with Crippen LogP contribution in [0.3, 0.4) is 0 Å². The zero-order valence-corrected chi connectivity index (χ0v) is 24.3. The number of nitrogens with two attached hydrogens (primary N) is 3. The molecule has 17 heteroatoms. The summed E-state index contributed by atoms with van der Waals surface area (Å²) in [5, 5.41) is 59.7. The third kappa shape index (κ3) is 12.4. The molecule has 0 aliphatic rings. The molecule has 1 heterocycles. The number of aliphatic hydroxyl groups is 6. The molecule has 0 aliphatic carbocycles. The molecular formula is C26H41ClN8O8. The fourth-order valence-corrected chi connectivity index (χ4v) is 3.91. The molecule has 4 unspecified atom stereocenters. The van der Waals surface area contributed by atoms with Crippen molar-refractivity contribution in [1.82, 2.24) is 20.2 Å². The summed E-state index contributed by atoms with van der Waals surface area (Å²) in [6.45, 7) is -0.681. The minimum absolute atomic E-state index is 0.0918. The summed E-state index contributed by atoms with van der Waals surface area (Å²) in [4.78, 5) is 25.5. The summed E-state index contributed by atoms with van der Waals surface area (Å²) in [6.07, 6.45) is -3.03. The molecule has 2 rings (SSSR count). The molecule has 4 atom stereocenters. The third-order valence-electron chi connectivity index (χ3n) is 6.27. The van der Waals surface area contributed by atoms with Crippen LogP contribution in [-0.2, 0) is 6.42 Å². The number of aromatic nitrogens is 2. The highest BCUT2D eigenvalue weighted by molar-refractivity contribution is 6.31. The maximum absolute atomic E-state index is 12.3. The zero-order valence-electron chi connectivity index (χ0n) is 23.6. The minimum atomic E-state index is -1.36. The van der Waals surface area contributed by atoms with Crippen molar-refractivity contribution in [2.45, 2.75) is 43.7 Å². The fraction of sp³-hybridized carbons (Fsp3) is 0.538. The number of benzene rings is 1. The van der Waals surface area contributed by atoms with Crippen LogP contribution in [0.2, 0.25) is 5.15 Å². The minimum Gasteiger partial charge on any atom is -0.492 e. The Kier molecular flexibility index (Phi) is 15.3. The zero-order chi connectivity index (χ0) is 31.9. The Balaban J connectivity index is 1.76. The van der Waals surface area contributed by atoms with Gasteiger partial charge in [0, 0.05) is 26.2 Å². The number of nitrogens with one attached hydrogen (secondary N) is 1. The van der Waals surface area contributed by atoms with E-state index >= 15 is 0 Å². The molecule has 240 valence electrons. The Labute approximate surface area is 253 Å². The number of aliphatic imine (C=N–C) groups is 1. The van der Waals surface area contributed by atoms with Crippen LogP contribution in [0.15, 0.2) is 29.3 Å². The average molecular weight is 629 g/mol. The van der Waals surface area contributed by atoms with Gasteiger partial charge in [-0.2, -0.15) is 0 Å². The number of guanidine groups is 1. The van der Waals surface area contributed by atoms with Crippen LogP contribution >= 0.6 is 11.6 Å². The van der Waals surface area contributed by atoms with E-state index in [4.69, 9.17) is 43.8 Å². The van der Waals surface area contributed by atoms with E-state index in [1.54, 1.807) is 17.0 Å². The van der Waals surface area contributed by atoms with Gasteiger partial charge < -0.3 is 52.6 Å². The molecule has 0 radical (unpaired) electrons. The first-order chi connectivity index (χ1) is 20.4. The predicted octanol–water partition coefficient (Wildman–Crippen LogP) is -2.53. The number of ether oxygens (including phenoxy) is 1. The molecule has 0 bridgehead atoms. The third-order valence-corrected chi connectivity index (χ3v) is 6.55. The SMILES string of the molecule is NC(=NCCCCc1ccc(OCCN(CC(O)C(O)CO)CC(O)C(O)CO)cc1)NC(=O)c1nc(Cl)c(N)nc1N. The molecule has 16 nitrogen and oxygen atoms in total. The van der Waals surface area contributed by atoms with Crippen LogP contribution in [0.25, 0.3) is 0 Å². The lowest BCUT2D eigenvalue weighted by Gasteiger charge is -2.29. The Bertz CT molecular complexity index is 1160. The lowest BCUT2D eigenvalue weighted by molar-refractivity contribution is -0.0551. The monoisotopic (exact) mass is 628 g/mol. The van der Waals surface area contributed by atoms with E-state index in [-0.39, 0.29) is 54.7 Å².